The number of alkyl halides is 3. The lowest BCUT2D eigenvalue weighted by atomic mass is 10.00. The highest BCUT2D eigenvalue weighted by Gasteiger charge is 2.28. The van der Waals surface area contributed by atoms with Gasteiger partial charge in [-0.25, -0.2) is 4.79 Å². The summed E-state index contributed by atoms with van der Waals surface area (Å²) in [6, 6.07) is 9.12. The molecule has 2 aromatic rings. The van der Waals surface area contributed by atoms with Gasteiger partial charge in [-0.15, -0.1) is 0 Å². The van der Waals surface area contributed by atoms with Crippen LogP contribution in [0.25, 0.3) is 10.8 Å². The van der Waals surface area contributed by atoms with Crippen molar-refractivity contribution in [2.45, 2.75) is 19.0 Å². The molecular weight excluding hydrogens is 323 g/mol. The zero-order valence-electron chi connectivity index (χ0n) is 12.6. The van der Waals surface area contributed by atoms with Gasteiger partial charge in [-0.2, -0.15) is 13.2 Å². The summed E-state index contributed by atoms with van der Waals surface area (Å²) in [5.74, 6) is -1.72. The van der Waals surface area contributed by atoms with Crippen molar-refractivity contribution < 1.29 is 27.5 Å². The Kier molecular flexibility index (Phi) is 4.17. The van der Waals surface area contributed by atoms with Crippen LogP contribution in [0.15, 0.2) is 30.3 Å². The molecule has 0 heterocycles. The number of esters is 1. The number of carbonyl (C=O) groups is 2. The van der Waals surface area contributed by atoms with E-state index in [-0.39, 0.29) is 0 Å². The molecule has 1 aliphatic carbocycles. The largest absolute Gasteiger partial charge is 0.452 e. The van der Waals surface area contributed by atoms with Crippen LogP contribution in [0.1, 0.15) is 21.5 Å². The van der Waals surface area contributed by atoms with E-state index in [4.69, 9.17) is 4.74 Å². The third kappa shape index (κ3) is 3.34. The maximum atomic E-state index is 12.2. The minimum Gasteiger partial charge on any atom is -0.452 e. The first kappa shape index (κ1) is 16.3. The van der Waals surface area contributed by atoms with Crippen molar-refractivity contribution in [3.63, 3.8) is 0 Å². The Balaban J connectivity index is 1.71. The molecule has 126 valence electrons. The van der Waals surface area contributed by atoms with Gasteiger partial charge in [0.05, 0.1) is 5.56 Å². The second-order valence-corrected chi connectivity index (χ2v) is 5.58. The number of benzene rings is 2. The van der Waals surface area contributed by atoms with E-state index in [1.54, 1.807) is 17.4 Å². The summed E-state index contributed by atoms with van der Waals surface area (Å²) < 4.78 is 40.9. The lowest BCUT2D eigenvalue weighted by Gasteiger charge is -2.10. The Labute approximate surface area is 135 Å². The Hall–Kier alpha value is -2.57. The summed E-state index contributed by atoms with van der Waals surface area (Å²) in [5.41, 5.74) is 2.61. The number of rotatable bonds is 4. The molecule has 0 aliphatic heterocycles. The molecule has 0 radical (unpaired) electrons. The first-order valence-electron chi connectivity index (χ1n) is 7.39. The third-order valence-electron chi connectivity index (χ3n) is 3.92. The number of aryl methyl sites for hydroxylation is 2. The van der Waals surface area contributed by atoms with E-state index in [0.717, 1.165) is 34.7 Å². The van der Waals surface area contributed by atoms with Gasteiger partial charge in [-0.05, 0) is 40.8 Å². The van der Waals surface area contributed by atoms with Crippen molar-refractivity contribution in [2.24, 2.45) is 0 Å². The van der Waals surface area contributed by atoms with Crippen molar-refractivity contribution in [3.8, 4) is 0 Å². The van der Waals surface area contributed by atoms with Gasteiger partial charge in [0.2, 0.25) is 0 Å². The first-order chi connectivity index (χ1) is 11.3. The second kappa shape index (κ2) is 6.14. The van der Waals surface area contributed by atoms with E-state index >= 15 is 0 Å². The minimum absolute atomic E-state index is 0.307. The van der Waals surface area contributed by atoms with E-state index in [0.29, 0.717) is 5.56 Å². The zero-order valence-corrected chi connectivity index (χ0v) is 12.6. The number of halogens is 3. The number of hydrogen-bond donors (Lipinski definition) is 1. The first-order valence-corrected chi connectivity index (χ1v) is 7.39. The summed E-state index contributed by atoms with van der Waals surface area (Å²) in [5, 5.41) is 3.41. The monoisotopic (exact) mass is 337 g/mol. The van der Waals surface area contributed by atoms with E-state index in [2.05, 4.69) is 0 Å². The van der Waals surface area contributed by atoms with Gasteiger partial charge in [-0.1, -0.05) is 24.3 Å². The standard InChI is InChI=1S/C17H14F3NO3/c18-17(19,20)9-21-14(22)8-24-16(23)13-7-6-11-5-4-10-2-1-3-12(13)15(10)11/h1-3,6-7H,4-5,8-9H2,(H,21,22). The topological polar surface area (TPSA) is 55.4 Å². The lowest BCUT2D eigenvalue weighted by Crippen LogP contribution is -2.36. The highest BCUT2D eigenvalue weighted by atomic mass is 19.4. The Morgan fingerprint density at radius 3 is 2.50 bits per heavy atom. The molecule has 0 aromatic heterocycles. The molecular formula is C17H14F3NO3. The maximum absolute atomic E-state index is 12.2. The van der Waals surface area contributed by atoms with E-state index in [1.807, 2.05) is 18.2 Å². The van der Waals surface area contributed by atoms with Gasteiger partial charge < -0.3 is 10.1 Å². The van der Waals surface area contributed by atoms with Crippen LogP contribution >= 0.6 is 0 Å². The van der Waals surface area contributed by atoms with Crippen LogP contribution < -0.4 is 5.32 Å². The molecule has 1 N–H and O–H groups in total. The molecule has 0 saturated heterocycles. The van der Waals surface area contributed by atoms with Crippen LogP contribution in [0.4, 0.5) is 13.2 Å². The Morgan fingerprint density at radius 2 is 1.79 bits per heavy atom. The molecule has 1 amide bonds. The number of nitrogens with one attached hydrogen (secondary N) is 1. The number of hydrogen-bond acceptors (Lipinski definition) is 3. The molecule has 7 heteroatoms. The molecule has 0 spiro atoms. The quantitative estimate of drug-likeness (QED) is 0.873. The van der Waals surface area contributed by atoms with Gasteiger partial charge in [0.1, 0.15) is 6.54 Å². The van der Waals surface area contributed by atoms with Gasteiger partial charge >= 0.3 is 12.1 Å². The Morgan fingerprint density at radius 1 is 1.08 bits per heavy atom. The van der Waals surface area contributed by atoms with Gasteiger partial charge in [0.15, 0.2) is 6.61 Å². The zero-order chi connectivity index (χ0) is 17.3. The molecule has 24 heavy (non-hydrogen) atoms. The van der Waals surface area contributed by atoms with Gasteiger partial charge in [-0.3, -0.25) is 4.79 Å². The van der Waals surface area contributed by atoms with E-state index < -0.39 is 31.2 Å². The van der Waals surface area contributed by atoms with Crippen molar-refractivity contribution in [2.75, 3.05) is 13.2 Å². The Bertz CT molecular complexity index is 804. The molecule has 3 rings (SSSR count). The van der Waals surface area contributed by atoms with Crippen molar-refractivity contribution in [1.29, 1.82) is 0 Å². The van der Waals surface area contributed by atoms with E-state index in [1.165, 1.54) is 0 Å². The molecule has 0 saturated carbocycles. The smallest absolute Gasteiger partial charge is 0.405 e. The average molecular weight is 337 g/mol. The molecule has 0 unspecified atom stereocenters. The molecule has 0 bridgehead atoms. The number of carbonyl (C=O) groups excluding carboxylic acids is 2. The van der Waals surface area contributed by atoms with Gasteiger partial charge in [0.25, 0.3) is 5.91 Å². The minimum atomic E-state index is -4.50. The van der Waals surface area contributed by atoms with Crippen LogP contribution in [0.2, 0.25) is 0 Å². The molecule has 2 aromatic carbocycles. The van der Waals surface area contributed by atoms with Crippen LogP contribution in [-0.2, 0) is 22.4 Å². The van der Waals surface area contributed by atoms with Gasteiger partial charge in [0, 0.05) is 0 Å². The molecule has 0 atom stereocenters. The fourth-order valence-corrected chi connectivity index (χ4v) is 2.88. The summed E-state index contributed by atoms with van der Waals surface area (Å²) in [6.07, 6.45) is -2.69. The highest BCUT2D eigenvalue weighted by molar-refractivity contribution is 6.07. The van der Waals surface area contributed by atoms with Crippen molar-refractivity contribution in [3.05, 3.63) is 47.0 Å². The second-order valence-electron chi connectivity index (χ2n) is 5.58. The van der Waals surface area contributed by atoms with Crippen LogP contribution in [0.3, 0.4) is 0 Å². The fourth-order valence-electron chi connectivity index (χ4n) is 2.88. The maximum Gasteiger partial charge on any atom is 0.405 e. The van der Waals surface area contributed by atoms with Crippen LogP contribution in [0.5, 0.6) is 0 Å². The normalized spacial score (nSPS) is 13.1. The summed E-state index contributed by atoms with van der Waals surface area (Å²) in [6.45, 7) is -2.21. The molecule has 4 nitrogen and oxygen atoms in total. The average Bonchev–Trinajstić information content (AvgIpc) is 2.95. The van der Waals surface area contributed by atoms with Crippen LogP contribution in [0, 0.1) is 0 Å². The summed E-state index contributed by atoms with van der Waals surface area (Å²) in [7, 11) is 0. The van der Waals surface area contributed by atoms with E-state index in [9.17, 15) is 22.8 Å². The number of amides is 1. The summed E-state index contributed by atoms with van der Waals surface area (Å²) in [4.78, 5) is 23.5. The fraction of sp³-hybridized carbons (Fsp3) is 0.294. The predicted molar refractivity (Wildman–Crippen MR) is 80.7 cm³/mol. The lowest BCUT2D eigenvalue weighted by molar-refractivity contribution is -0.140. The SMILES string of the molecule is O=C(COC(=O)c1ccc2c3c(cccc13)CC2)NCC(F)(F)F. The highest BCUT2D eigenvalue weighted by Crippen LogP contribution is 2.32. The summed E-state index contributed by atoms with van der Waals surface area (Å²) >= 11 is 0. The van der Waals surface area contributed by atoms with Crippen LogP contribution in [-0.4, -0.2) is 31.2 Å². The molecule has 1 aliphatic rings. The third-order valence-corrected chi connectivity index (χ3v) is 3.92. The number of ether oxygens (including phenoxy) is 1. The predicted octanol–water partition coefficient (Wildman–Crippen LogP) is 2.77. The van der Waals surface area contributed by atoms with Crippen molar-refractivity contribution >= 4 is 22.6 Å². The molecule has 0 fully saturated rings. The van der Waals surface area contributed by atoms with Crippen molar-refractivity contribution in [1.82, 2.24) is 5.32 Å².